The molecule has 0 radical (unpaired) electrons. The molecule has 0 amide bonds. The highest BCUT2D eigenvalue weighted by Crippen LogP contribution is 2.00. The SMILES string of the molecule is CCNC(=NCCCc1nc(C)no1)NCCCOCC(C)C.I. The molecular formula is C16H32IN5O2. The van der Waals surface area contributed by atoms with Crippen molar-refractivity contribution in [3.63, 3.8) is 0 Å². The van der Waals surface area contributed by atoms with E-state index < -0.39 is 0 Å². The minimum Gasteiger partial charge on any atom is -0.381 e. The summed E-state index contributed by atoms with van der Waals surface area (Å²) < 4.78 is 10.6. The van der Waals surface area contributed by atoms with E-state index in [0.29, 0.717) is 17.6 Å². The zero-order valence-corrected chi connectivity index (χ0v) is 17.6. The molecular weight excluding hydrogens is 421 g/mol. The summed E-state index contributed by atoms with van der Waals surface area (Å²) in [6.45, 7) is 12.2. The zero-order chi connectivity index (χ0) is 16.9. The van der Waals surface area contributed by atoms with Gasteiger partial charge in [-0.25, -0.2) is 0 Å². The third-order valence-electron chi connectivity index (χ3n) is 2.94. The molecule has 1 aromatic rings. The second kappa shape index (κ2) is 14.4. The third-order valence-corrected chi connectivity index (χ3v) is 2.94. The number of rotatable bonds is 11. The highest BCUT2D eigenvalue weighted by Gasteiger charge is 2.02. The van der Waals surface area contributed by atoms with Gasteiger partial charge in [-0.15, -0.1) is 24.0 Å². The fraction of sp³-hybridized carbons (Fsp3) is 0.812. The van der Waals surface area contributed by atoms with E-state index in [1.54, 1.807) is 0 Å². The van der Waals surface area contributed by atoms with Gasteiger partial charge in [-0.3, -0.25) is 4.99 Å². The van der Waals surface area contributed by atoms with Crippen LogP contribution < -0.4 is 10.6 Å². The van der Waals surface area contributed by atoms with Crippen molar-refractivity contribution >= 4 is 29.9 Å². The van der Waals surface area contributed by atoms with E-state index in [1.165, 1.54) is 0 Å². The molecule has 2 N–H and O–H groups in total. The van der Waals surface area contributed by atoms with Gasteiger partial charge in [-0.05, 0) is 32.6 Å². The Kier molecular flexibility index (Phi) is 13.9. The Bertz CT molecular complexity index is 451. The molecule has 0 aliphatic carbocycles. The van der Waals surface area contributed by atoms with Gasteiger partial charge in [0.1, 0.15) is 0 Å². The third kappa shape index (κ3) is 11.6. The van der Waals surface area contributed by atoms with Gasteiger partial charge in [0.05, 0.1) is 0 Å². The lowest BCUT2D eigenvalue weighted by molar-refractivity contribution is 0.108. The Labute approximate surface area is 162 Å². The van der Waals surface area contributed by atoms with E-state index in [9.17, 15) is 0 Å². The van der Waals surface area contributed by atoms with E-state index >= 15 is 0 Å². The molecule has 24 heavy (non-hydrogen) atoms. The maximum absolute atomic E-state index is 5.56. The van der Waals surface area contributed by atoms with Gasteiger partial charge in [0.15, 0.2) is 11.8 Å². The van der Waals surface area contributed by atoms with Crippen molar-refractivity contribution in [2.24, 2.45) is 10.9 Å². The molecule has 0 aromatic carbocycles. The summed E-state index contributed by atoms with van der Waals surface area (Å²) in [6, 6.07) is 0. The largest absolute Gasteiger partial charge is 0.381 e. The lowest BCUT2D eigenvalue weighted by Gasteiger charge is -2.11. The molecule has 0 fully saturated rings. The first-order chi connectivity index (χ1) is 11.1. The Morgan fingerprint density at radius 1 is 1.29 bits per heavy atom. The molecule has 1 aromatic heterocycles. The van der Waals surface area contributed by atoms with Crippen LogP contribution in [0, 0.1) is 12.8 Å². The lowest BCUT2D eigenvalue weighted by Crippen LogP contribution is -2.38. The molecule has 0 atom stereocenters. The number of ether oxygens (including phenoxy) is 1. The van der Waals surface area contributed by atoms with E-state index in [0.717, 1.165) is 58.1 Å². The molecule has 7 nitrogen and oxygen atoms in total. The van der Waals surface area contributed by atoms with Crippen LogP contribution in [-0.4, -0.2) is 48.9 Å². The molecule has 0 spiro atoms. The van der Waals surface area contributed by atoms with Crippen LogP contribution in [0.25, 0.3) is 0 Å². The van der Waals surface area contributed by atoms with Crippen molar-refractivity contribution in [3.8, 4) is 0 Å². The van der Waals surface area contributed by atoms with E-state index in [4.69, 9.17) is 9.26 Å². The van der Waals surface area contributed by atoms with Crippen LogP contribution in [0.2, 0.25) is 0 Å². The molecule has 0 bridgehead atoms. The maximum Gasteiger partial charge on any atom is 0.226 e. The normalized spacial score (nSPS) is 11.5. The van der Waals surface area contributed by atoms with E-state index in [1.807, 2.05) is 6.92 Å². The average Bonchev–Trinajstić information content (AvgIpc) is 2.92. The zero-order valence-electron chi connectivity index (χ0n) is 15.3. The Morgan fingerprint density at radius 2 is 2.08 bits per heavy atom. The number of aromatic nitrogens is 2. The molecule has 0 saturated carbocycles. The van der Waals surface area contributed by atoms with Crippen molar-refractivity contribution in [1.82, 2.24) is 20.8 Å². The van der Waals surface area contributed by atoms with E-state index in [-0.39, 0.29) is 24.0 Å². The quantitative estimate of drug-likeness (QED) is 0.232. The average molecular weight is 453 g/mol. The predicted octanol–water partition coefficient (Wildman–Crippen LogP) is 2.55. The summed E-state index contributed by atoms with van der Waals surface area (Å²) in [4.78, 5) is 8.73. The fourth-order valence-electron chi connectivity index (χ4n) is 1.90. The van der Waals surface area contributed by atoms with Crippen molar-refractivity contribution in [1.29, 1.82) is 0 Å². The number of hydrogen-bond donors (Lipinski definition) is 2. The minimum atomic E-state index is 0. The summed E-state index contributed by atoms with van der Waals surface area (Å²) in [7, 11) is 0. The molecule has 1 rings (SSSR count). The molecule has 1 heterocycles. The summed E-state index contributed by atoms with van der Waals surface area (Å²) in [5.74, 6) is 2.79. The van der Waals surface area contributed by atoms with Crippen LogP contribution in [0.15, 0.2) is 9.52 Å². The minimum absolute atomic E-state index is 0. The number of halogens is 1. The first kappa shape index (κ1) is 23.1. The van der Waals surface area contributed by atoms with Crippen LogP contribution >= 0.6 is 24.0 Å². The maximum atomic E-state index is 5.56. The number of hydrogen-bond acceptors (Lipinski definition) is 5. The highest BCUT2D eigenvalue weighted by atomic mass is 127. The van der Waals surface area contributed by atoms with Crippen molar-refractivity contribution in [3.05, 3.63) is 11.7 Å². The summed E-state index contributed by atoms with van der Waals surface area (Å²) >= 11 is 0. The van der Waals surface area contributed by atoms with Crippen LogP contribution in [0.3, 0.4) is 0 Å². The second-order valence-electron chi connectivity index (χ2n) is 5.85. The Hall–Kier alpha value is -0.900. The van der Waals surface area contributed by atoms with Crippen molar-refractivity contribution in [2.45, 2.75) is 47.0 Å². The monoisotopic (exact) mass is 453 g/mol. The van der Waals surface area contributed by atoms with Crippen molar-refractivity contribution < 1.29 is 9.26 Å². The predicted molar refractivity (Wildman–Crippen MR) is 107 cm³/mol. The topological polar surface area (TPSA) is 84.6 Å². The fourth-order valence-corrected chi connectivity index (χ4v) is 1.90. The van der Waals surface area contributed by atoms with Crippen LogP contribution in [-0.2, 0) is 11.2 Å². The second-order valence-corrected chi connectivity index (χ2v) is 5.85. The van der Waals surface area contributed by atoms with Gasteiger partial charge in [0.25, 0.3) is 0 Å². The number of aryl methyl sites for hydroxylation is 2. The standard InChI is InChI=1S/C16H31N5O2.HI/c1-5-17-16(19-10-7-11-22-12-13(2)3)18-9-6-8-15-20-14(4)21-23-15;/h13H,5-12H2,1-4H3,(H2,17,18,19);1H. The Morgan fingerprint density at radius 3 is 2.71 bits per heavy atom. The number of nitrogens with one attached hydrogen (secondary N) is 2. The smallest absolute Gasteiger partial charge is 0.226 e. The van der Waals surface area contributed by atoms with Crippen LogP contribution in [0.5, 0.6) is 0 Å². The van der Waals surface area contributed by atoms with Gasteiger partial charge < -0.3 is 19.9 Å². The van der Waals surface area contributed by atoms with Gasteiger partial charge >= 0.3 is 0 Å². The van der Waals surface area contributed by atoms with Gasteiger partial charge in [-0.1, -0.05) is 19.0 Å². The highest BCUT2D eigenvalue weighted by molar-refractivity contribution is 14.0. The molecule has 140 valence electrons. The Balaban J connectivity index is 0.00000529. The number of aliphatic imine (C=N–C) groups is 1. The van der Waals surface area contributed by atoms with Gasteiger partial charge in [0.2, 0.25) is 5.89 Å². The van der Waals surface area contributed by atoms with E-state index in [2.05, 4.69) is 46.5 Å². The molecule has 0 saturated heterocycles. The first-order valence-corrected chi connectivity index (χ1v) is 8.51. The molecule has 0 unspecified atom stereocenters. The van der Waals surface area contributed by atoms with Crippen molar-refractivity contribution in [2.75, 3.05) is 32.8 Å². The summed E-state index contributed by atoms with van der Waals surface area (Å²) in [5.41, 5.74) is 0. The number of guanidine groups is 1. The van der Waals surface area contributed by atoms with Crippen LogP contribution in [0.1, 0.15) is 45.3 Å². The molecule has 0 aliphatic rings. The summed E-state index contributed by atoms with van der Waals surface area (Å²) in [6.07, 6.45) is 2.61. The first-order valence-electron chi connectivity index (χ1n) is 8.51. The van der Waals surface area contributed by atoms with Gasteiger partial charge in [0, 0.05) is 39.3 Å². The molecule has 0 aliphatic heterocycles. The number of nitrogens with zero attached hydrogens (tertiary/aromatic N) is 3. The lowest BCUT2D eigenvalue weighted by atomic mass is 10.2. The van der Waals surface area contributed by atoms with Gasteiger partial charge in [-0.2, -0.15) is 4.98 Å². The molecule has 8 heteroatoms. The summed E-state index contributed by atoms with van der Waals surface area (Å²) in [5, 5.41) is 10.3. The van der Waals surface area contributed by atoms with Crippen LogP contribution in [0.4, 0.5) is 0 Å².